The molecule has 1 rings (SSSR count). The van der Waals surface area contributed by atoms with Gasteiger partial charge in [-0.15, -0.1) is 0 Å². The molecular formula is C16H23N. The number of nitrogens with one attached hydrogen (secondary N) is 1. The molecule has 0 amide bonds. The second-order valence-corrected chi connectivity index (χ2v) is 3.91. The molecule has 0 aliphatic heterocycles. The van der Waals surface area contributed by atoms with Gasteiger partial charge in [0.25, 0.3) is 0 Å². The van der Waals surface area contributed by atoms with Crippen molar-refractivity contribution in [1.82, 2.24) is 0 Å². The summed E-state index contributed by atoms with van der Waals surface area (Å²) < 4.78 is 0. The highest BCUT2D eigenvalue weighted by Crippen LogP contribution is 2.11. The first-order chi connectivity index (χ1) is 8.00. The molecule has 0 aliphatic carbocycles. The third-order valence-corrected chi connectivity index (χ3v) is 2.21. The first-order valence-corrected chi connectivity index (χ1v) is 6.00. The first-order valence-electron chi connectivity index (χ1n) is 6.00. The summed E-state index contributed by atoms with van der Waals surface area (Å²) in [6.45, 7) is 13.8. The summed E-state index contributed by atoms with van der Waals surface area (Å²) in [6, 6.07) is 6.12. The van der Waals surface area contributed by atoms with E-state index < -0.39 is 0 Å². The topological polar surface area (TPSA) is 23.9 Å². The lowest BCUT2D eigenvalue weighted by atomic mass is 10.0. The first kappa shape index (κ1) is 15.4. The number of allylic oxidation sites excluding steroid dienone is 3. The zero-order valence-corrected chi connectivity index (χ0v) is 11.6. The van der Waals surface area contributed by atoms with E-state index in [4.69, 9.17) is 5.41 Å². The van der Waals surface area contributed by atoms with Crippen LogP contribution in [0.15, 0.2) is 42.5 Å². The summed E-state index contributed by atoms with van der Waals surface area (Å²) in [5.74, 6) is 0. The van der Waals surface area contributed by atoms with E-state index in [0.29, 0.717) is 5.71 Å². The van der Waals surface area contributed by atoms with Crippen LogP contribution in [0.4, 0.5) is 0 Å². The minimum Gasteiger partial charge on any atom is -0.300 e. The van der Waals surface area contributed by atoms with Crippen molar-refractivity contribution in [2.75, 3.05) is 0 Å². The number of benzene rings is 1. The smallest absolute Gasteiger partial charge is 0.0614 e. The molecule has 0 heterocycles. The second kappa shape index (κ2) is 7.61. The predicted octanol–water partition coefficient (Wildman–Crippen LogP) is 4.83. The summed E-state index contributed by atoms with van der Waals surface area (Å²) in [6.07, 6.45) is 3.65. The lowest BCUT2D eigenvalue weighted by Crippen LogP contribution is -1.98. The van der Waals surface area contributed by atoms with Crippen molar-refractivity contribution in [2.24, 2.45) is 0 Å². The highest BCUT2D eigenvalue weighted by molar-refractivity contribution is 6.07. The molecule has 0 radical (unpaired) electrons. The maximum absolute atomic E-state index is 7.91. The zero-order chi connectivity index (χ0) is 13.4. The second-order valence-electron chi connectivity index (χ2n) is 3.91. The van der Waals surface area contributed by atoms with E-state index in [-0.39, 0.29) is 0 Å². The van der Waals surface area contributed by atoms with Gasteiger partial charge in [-0.1, -0.05) is 55.8 Å². The van der Waals surface area contributed by atoms with Crippen molar-refractivity contribution < 1.29 is 0 Å². The number of hydrogen-bond acceptors (Lipinski definition) is 1. The zero-order valence-electron chi connectivity index (χ0n) is 11.6. The van der Waals surface area contributed by atoms with Gasteiger partial charge in [0.05, 0.1) is 5.71 Å². The third-order valence-electron chi connectivity index (χ3n) is 2.21. The molecule has 0 aromatic heterocycles. The summed E-state index contributed by atoms with van der Waals surface area (Å²) in [5, 5.41) is 7.91. The minimum atomic E-state index is 0.538. The molecule has 0 atom stereocenters. The molecule has 0 unspecified atom stereocenters. The van der Waals surface area contributed by atoms with Gasteiger partial charge in [-0.2, -0.15) is 0 Å². The van der Waals surface area contributed by atoms with Crippen molar-refractivity contribution in [2.45, 2.75) is 34.6 Å². The van der Waals surface area contributed by atoms with E-state index in [2.05, 4.69) is 19.6 Å². The normalized spacial score (nSPS) is 9.71. The van der Waals surface area contributed by atoms with Crippen LogP contribution in [0.1, 0.15) is 37.5 Å². The van der Waals surface area contributed by atoms with Crippen LogP contribution >= 0.6 is 0 Å². The van der Waals surface area contributed by atoms with Crippen molar-refractivity contribution in [3.63, 3.8) is 0 Å². The summed E-state index contributed by atoms with van der Waals surface area (Å²) in [4.78, 5) is 0. The van der Waals surface area contributed by atoms with Crippen LogP contribution < -0.4 is 0 Å². The molecule has 0 saturated carbocycles. The lowest BCUT2D eigenvalue weighted by molar-refractivity contribution is 1.35. The molecule has 1 aromatic rings. The molecule has 0 fully saturated rings. The van der Waals surface area contributed by atoms with Crippen LogP contribution in [0.3, 0.4) is 0 Å². The average molecular weight is 229 g/mol. The quantitative estimate of drug-likeness (QED) is 0.567. The molecule has 0 spiro atoms. The molecule has 1 nitrogen and oxygen atoms in total. The minimum absolute atomic E-state index is 0.538. The van der Waals surface area contributed by atoms with E-state index in [0.717, 1.165) is 16.7 Å². The molecule has 1 aromatic carbocycles. The molecule has 92 valence electrons. The Morgan fingerprint density at radius 1 is 1.18 bits per heavy atom. The summed E-state index contributed by atoms with van der Waals surface area (Å²) in [7, 11) is 0. The Kier molecular flexibility index (Phi) is 6.88. The Morgan fingerprint density at radius 2 is 1.76 bits per heavy atom. The fraction of sp³-hybridized carbons (Fsp3) is 0.312. The Labute approximate surface area is 105 Å². The van der Waals surface area contributed by atoms with Gasteiger partial charge in [0.1, 0.15) is 0 Å². The molecule has 0 bridgehead atoms. The van der Waals surface area contributed by atoms with Crippen molar-refractivity contribution >= 4 is 5.71 Å². The summed E-state index contributed by atoms with van der Waals surface area (Å²) >= 11 is 0. The number of aryl methyl sites for hydroxylation is 2. The number of hydrogen-bond donors (Lipinski definition) is 1. The fourth-order valence-corrected chi connectivity index (χ4v) is 1.43. The van der Waals surface area contributed by atoms with Crippen LogP contribution in [-0.2, 0) is 0 Å². The van der Waals surface area contributed by atoms with Crippen molar-refractivity contribution in [1.29, 1.82) is 5.41 Å². The van der Waals surface area contributed by atoms with Gasteiger partial charge in [0.2, 0.25) is 0 Å². The maximum Gasteiger partial charge on any atom is 0.0614 e. The standard InChI is InChI=1S/C14H17N.C2H6/c1-10(2)5-8-14(15)13-7-6-11(3)9-12(13)4;1-2/h5-9,15H,1H2,2-4H3;1-2H3/b8-5-,15-14?;. The predicted molar refractivity (Wildman–Crippen MR) is 78.0 cm³/mol. The van der Waals surface area contributed by atoms with E-state index in [1.165, 1.54) is 5.56 Å². The average Bonchev–Trinajstić information content (AvgIpc) is 2.28. The summed E-state index contributed by atoms with van der Waals surface area (Å²) in [5.41, 5.74) is 4.86. The Balaban J connectivity index is 0.00000121. The highest BCUT2D eigenvalue weighted by Gasteiger charge is 2.01. The van der Waals surface area contributed by atoms with Gasteiger partial charge >= 0.3 is 0 Å². The maximum atomic E-state index is 7.91. The Morgan fingerprint density at radius 3 is 2.24 bits per heavy atom. The van der Waals surface area contributed by atoms with Crippen LogP contribution in [0.5, 0.6) is 0 Å². The van der Waals surface area contributed by atoms with Crippen LogP contribution in [0, 0.1) is 19.3 Å². The monoisotopic (exact) mass is 229 g/mol. The third kappa shape index (κ3) is 5.30. The van der Waals surface area contributed by atoms with E-state index >= 15 is 0 Å². The van der Waals surface area contributed by atoms with Crippen LogP contribution in [-0.4, -0.2) is 5.71 Å². The van der Waals surface area contributed by atoms with Gasteiger partial charge in [-0.3, -0.25) is 0 Å². The van der Waals surface area contributed by atoms with Gasteiger partial charge < -0.3 is 5.41 Å². The molecule has 0 saturated heterocycles. The Hall–Kier alpha value is -1.63. The van der Waals surface area contributed by atoms with Gasteiger partial charge in [0, 0.05) is 5.56 Å². The Bertz CT molecular complexity index is 425. The highest BCUT2D eigenvalue weighted by atomic mass is 14.4. The molecular weight excluding hydrogens is 206 g/mol. The van der Waals surface area contributed by atoms with E-state index in [1.807, 2.05) is 45.9 Å². The molecule has 1 heteroatoms. The van der Waals surface area contributed by atoms with Gasteiger partial charge in [0.15, 0.2) is 0 Å². The SMILES string of the molecule is C=C(C)/C=C\C(=N)c1ccc(C)cc1C.CC. The molecule has 17 heavy (non-hydrogen) atoms. The van der Waals surface area contributed by atoms with Gasteiger partial charge in [-0.25, -0.2) is 0 Å². The fourth-order valence-electron chi connectivity index (χ4n) is 1.43. The van der Waals surface area contributed by atoms with E-state index in [1.54, 1.807) is 6.08 Å². The molecule has 1 N–H and O–H groups in total. The van der Waals surface area contributed by atoms with Crippen LogP contribution in [0.25, 0.3) is 0 Å². The van der Waals surface area contributed by atoms with Crippen molar-refractivity contribution in [3.05, 3.63) is 59.2 Å². The van der Waals surface area contributed by atoms with Crippen LogP contribution in [0.2, 0.25) is 0 Å². The van der Waals surface area contributed by atoms with Gasteiger partial charge in [-0.05, 0) is 32.4 Å². The van der Waals surface area contributed by atoms with E-state index in [9.17, 15) is 0 Å². The largest absolute Gasteiger partial charge is 0.300 e. The van der Waals surface area contributed by atoms with Crippen molar-refractivity contribution in [3.8, 4) is 0 Å². The lowest BCUT2D eigenvalue weighted by Gasteiger charge is -2.05. The molecule has 0 aliphatic rings. The number of rotatable bonds is 3.